The van der Waals surface area contributed by atoms with Gasteiger partial charge in [-0.2, -0.15) is 0 Å². The molecule has 0 radical (unpaired) electrons. The predicted molar refractivity (Wildman–Crippen MR) is 60.3 cm³/mol. The molecule has 0 bridgehead atoms. The first-order valence-corrected chi connectivity index (χ1v) is 5.57. The van der Waals surface area contributed by atoms with Gasteiger partial charge in [0.1, 0.15) is 11.9 Å². The quantitative estimate of drug-likeness (QED) is 0.710. The minimum Gasteiger partial charge on any atom is -0.444 e. The van der Waals surface area contributed by atoms with Crippen molar-refractivity contribution < 1.29 is 14.3 Å². The number of nitrogens with one attached hydrogen (secondary N) is 1. The number of aldehydes is 1. The van der Waals surface area contributed by atoms with Crippen molar-refractivity contribution >= 4 is 12.4 Å². The topological polar surface area (TPSA) is 58.6 Å². The monoisotopic (exact) mass is 228 g/mol. The third-order valence-corrected chi connectivity index (χ3v) is 2.29. The molecule has 1 amide bonds. The fourth-order valence-electron chi connectivity index (χ4n) is 1.59. The van der Waals surface area contributed by atoms with Crippen LogP contribution in [0.4, 0.5) is 4.79 Å². The second kappa shape index (κ2) is 5.30. The molecule has 1 aliphatic heterocycles. The van der Waals surface area contributed by atoms with Crippen molar-refractivity contribution in [2.45, 2.75) is 38.8 Å². The SMILES string of the molecule is CC(C)(C)OC(=O)N1CCNC(CC=O)C1. The first-order valence-electron chi connectivity index (χ1n) is 5.57. The van der Waals surface area contributed by atoms with Crippen molar-refractivity contribution in [3.63, 3.8) is 0 Å². The lowest BCUT2D eigenvalue weighted by atomic mass is 10.1. The predicted octanol–water partition coefficient (Wildman–Crippen LogP) is 0.784. The average molecular weight is 228 g/mol. The summed E-state index contributed by atoms with van der Waals surface area (Å²) in [7, 11) is 0. The molecule has 1 heterocycles. The molecule has 1 atom stereocenters. The van der Waals surface area contributed by atoms with Gasteiger partial charge in [-0.1, -0.05) is 0 Å². The first kappa shape index (κ1) is 13.0. The minimum absolute atomic E-state index is 0.0544. The lowest BCUT2D eigenvalue weighted by molar-refractivity contribution is -0.108. The zero-order chi connectivity index (χ0) is 12.2. The van der Waals surface area contributed by atoms with Crippen molar-refractivity contribution in [3.05, 3.63) is 0 Å². The number of hydrogen-bond acceptors (Lipinski definition) is 4. The van der Waals surface area contributed by atoms with Gasteiger partial charge < -0.3 is 19.7 Å². The summed E-state index contributed by atoms with van der Waals surface area (Å²) in [4.78, 5) is 23.8. The number of piperazine rings is 1. The maximum Gasteiger partial charge on any atom is 0.410 e. The Bertz CT molecular complexity index is 260. The maximum absolute atomic E-state index is 11.8. The van der Waals surface area contributed by atoms with E-state index in [-0.39, 0.29) is 12.1 Å². The Labute approximate surface area is 96.1 Å². The number of amides is 1. The van der Waals surface area contributed by atoms with E-state index < -0.39 is 5.60 Å². The van der Waals surface area contributed by atoms with Gasteiger partial charge in [0.2, 0.25) is 0 Å². The van der Waals surface area contributed by atoms with Crippen LogP contribution < -0.4 is 5.32 Å². The zero-order valence-corrected chi connectivity index (χ0v) is 10.2. The molecule has 16 heavy (non-hydrogen) atoms. The Balaban J connectivity index is 2.47. The summed E-state index contributed by atoms with van der Waals surface area (Å²) in [5, 5.41) is 3.19. The van der Waals surface area contributed by atoms with E-state index in [1.165, 1.54) is 0 Å². The van der Waals surface area contributed by atoms with Gasteiger partial charge >= 0.3 is 6.09 Å². The molecule has 0 aliphatic carbocycles. The zero-order valence-electron chi connectivity index (χ0n) is 10.2. The summed E-state index contributed by atoms with van der Waals surface area (Å²) < 4.78 is 5.27. The summed E-state index contributed by atoms with van der Waals surface area (Å²) in [6.45, 7) is 7.40. The van der Waals surface area contributed by atoms with Crippen LogP contribution in [0.25, 0.3) is 0 Å². The molecule has 92 valence electrons. The number of ether oxygens (including phenoxy) is 1. The number of rotatable bonds is 2. The second-order valence-corrected chi connectivity index (χ2v) is 4.98. The standard InChI is InChI=1S/C11H20N2O3/c1-11(2,3)16-10(15)13-6-5-12-9(8-13)4-7-14/h7,9,12H,4-6,8H2,1-3H3. The van der Waals surface area contributed by atoms with Gasteiger partial charge in [-0.3, -0.25) is 0 Å². The molecular formula is C11H20N2O3. The second-order valence-electron chi connectivity index (χ2n) is 4.98. The van der Waals surface area contributed by atoms with Crippen LogP contribution in [-0.4, -0.2) is 48.6 Å². The Morgan fingerprint density at radius 1 is 1.56 bits per heavy atom. The summed E-state index contributed by atoms with van der Waals surface area (Å²) in [5.41, 5.74) is -0.470. The summed E-state index contributed by atoms with van der Waals surface area (Å²) >= 11 is 0. The normalized spacial score (nSPS) is 21.7. The van der Waals surface area contributed by atoms with E-state index in [2.05, 4.69) is 5.32 Å². The Morgan fingerprint density at radius 2 is 2.25 bits per heavy atom. The third-order valence-electron chi connectivity index (χ3n) is 2.29. The van der Waals surface area contributed by atoms with Gasteiger partial charge in [0.05, 0.1) is 0 Å². The Kier molecular flexibility index (Phi) is 4.29. The van der Waals surface area contributed by atoms with Gasteiger partial charge in [-0.25, -0.2) is 4.79 Å². The van der Waals surface area contributed by atoms with Crippen LogP contribution in [0.1, 0.15) is 27.2 Å². The molecule has 0 aromatic heterocycles. The third kappa shape index (κ3) is 4.18. The Morgan fingerprint density at radius 3 is 2.81 bits per heavy atom. The molecule has 1 unspecified atom stereocenters. The van der Waals surface area contributed by atoms with Crippen LogP contribution in [0.15, 0.2) is 0 Å². The van der Waals surface area contributed by atoms with E-state index in [1.54, 1.807) is 4.90 Å². The first-order chi connectivity index (χ1) is 7.42. The molecule has 5 nitrogen and oxygen atoms in total. The molecular weight excluding hydrogens is 208 g/mol. The largest absolute Gasteiger partial charge is 0.444 e. The molecule has 1 rings (SSSR count). The van der Waals surface area contributed by atoms with Gasteiger partial charge in [0, 0.05) is 32.1 Å². The smallest absolute Gasteiger partial charge is 0.410 e. The van der Waals surface area contributed by atoms with E-state index in [9.17, 15) is 9.59 Å². The molecule has 0 saturated carbocycles. The van der Waals surface area contributed by atoms with E-state index in [0.29, 0.717) is 26.1 Å². The van der Waals surface area contributed by atoms with Crippen LogP contribution in [0.3, 0.4) is 0 Å². The number of hydrogen-bond donors (Lipinski definition) is 1. The van der Waals surface area contributed by atoms with Gasteiger partial charge in [0.25, 0.3) is 0 Å². The number of carbonyl (C=O) groups excluding carboxylic acids is 2. The highest BCUT2D eigenvalue weighted by Crippen LogP contribution is 2.11. The van der Waals surface area contributed by atoms with E-state index >= 15 is 0 Å². The molecule has 1 N–H and O–H groups in total. The molecule has 0 aromatic rings. The highest BCUT2D eigenvalue weighted by molar-refractivity contribution is 5.68. The van der Waals surface area contributed by atoms with Crippen molar-refractivity contribution in [2.24, 2.45) is 0 Å². The summed E-state index contributed by atoms with van der Waals surface area (Å²) in [6, 6.07) is 0.0544. The van der Waals surface area contributed by atoms with Gasteiger partial charge in [0.15, 0.2) is 0 Å². The highest BCUT2D eigenvalue weighted by atomic mass is 16.6. The van der Waals surface area contributed by atoms with Gasteiger partial charge in [-0.05, 0) is 20.8 Å². The molecule has 1 aliphatic rings. The van der Waals surface area contributed by atoms with Crippen molar-refractivity contribution in [2.75, 3.05) is 19.6 Å². The molecule has 1 fully saturated rings. The minimum atomic E-state index is -0.470. The number of carbonyl (C=O) groups is 2. The van der Waals surface area contributed by atoms with Gasteiger partial charge in [-0.15, -0.1) is 0 Å². The lowest BCUT2D eigenvalue weighted by Crippen LogP contribution is -2.53. The fourth-order valence-corrected chi connectivity index (χ4v) is 1.59. The molecule has 5 heteroatoms. The fraction of sp³-hybridized carbons (Fsp3) is 0.818. The van der Waals surface area contributed by atoms with E-state index in [4.69, 9.17) is 4.74 Å². The number of nitrogens with zero attached hydrogens (tertiary/aromatic N) is 1. The summed E-state index contributed by atoms with van der Waals surface area (Å²) in [5.74, 6) is 0. The van der Waals surface area contributed by atoms with Crippen LogP contribution in [-0.2, 0) is 9.53 Å². The Hall–Kier alpha value is -1.10. The van der Waals surface area contributed by atoms with Crippen LogP contribution in [0.5, 0.6) is 0 Å². The van der Waals surface area contributed by atoms with E-state index in [1.807, 2.05) is 20.8 Å². The van der Waals surface area contributed by atoms with Crippen LogP contribution >= 0.6 is 0 Å². The van der Waals surface area contributed by atoms with Crippen molar-refractivity contribution in [1.29, 1.82) is 0 Å². The van der Waals surface area contributed by atoms with E-state index in [0.717, 1.165) is 6.29 Å². The summed E-state index contributed by atoms with van der Waals surface area (Å²) in [6.07, 6.45) is 1.00. The van der Waals surface area contributed by atoms with Crippen molar-refractivity contribution in [1.82, 2.24) is 10.2 Å². The lowest BCUT2D eigenvalue weighted by Gasteiger charge is -2.34. The molecule has 0 aromatic carbocycles. The molecule has 0 spiro atoms. The van der Waals surface area contributed by atoms with Crippen LogP contribution in [0, 0.1) is 0 Å². The highest BCUT2D eigenvalue weighted by Gasteiger charge is 2.26. The van der Waals surface area contributed by atoms with Crippen molar-refractivity contribution in [3.8, 4) is 0 Å². The average Bonchev–Trinajstić information content (AvgIpc) is 2.16. The molecule has 1 saturated heterocycles. The maximum atomic E-state index is 11.8. The van der Waals surface area contributed by atoms with Crippen LogP contribution in [0.2, 0.25) is 0 Å².